The van der Waals surface area contributed by atoms with Crippen LogP contribution in [0.4, 0.5) is 10.8 Å². The summed E-state index contributed by atoms with van der Waals surface area (Å²) >= 11 is 8.26. The van der Waals surface area contributed by atoms with Gasteiger partial charge in [-0.25, -0.2) is 4.98 Å². The van der Waals surface area contributed by atoms with E-state index in [9.17, 15) is 0 Å². The van der Waals surface area contributed by atoms with E-state index in [2.05, 4.69) is 30.9 Å². The molecule has 6 heteroatoms. The third-order valence-electron chi connectivity index (χ3n) is 5.83. The molecule has 0 radical (unpaired) electrons. The van der Waals surface area contributed by atoms with Crippen LogP contribution in [0.2, 0.25) is 5.02 Å². The van der Waals surface area contributed by atoms with Crippen LogP contribution in [0.3, 0.4) is 0 Å². The number of aryl methyl sites for hydroxylation is 3. The third-order valence-corrected chi connectivity index (χ3v) is 7.14. The van der Waals surface area contributed by atoms with Crippen molar-refractivity contribution in [1.29, 1.82) is 0 Å². The van der Waals surface area contributed by atoms with Gasteiger partial charge < -0.3 is 14.4 Å². The molecule has 3 aromatic rings. The minimum absolute atomic E-state index is 0.646. The van der Waals surface area contributed by atoms with Crippen molar-refractivity contribution in [2.24, 2.45) is 0 Å². The summed E-state index contributed by atoms with van der Waals surface area (Å²) in [4.78, 5) is 8.48. The maximum atomic E-state index is 6.56. The van der Waals surface area contributed by atoms with Crippen molar-refractivity contribution in [1.82, 2.24) is 4.98 Å². The standard InChI is InChI=1S/C25H29ClN2O2S/c1-5-12-28(22-13-17-8-6-7-9-18(17)14-23(22)30-4)25-27-24(16(2)31-25)20-11-10-19(29-3)15-21(20)26/h10-11,13-15H,5-9,12H2,1-4H3. The highest BCUT2D eigenvalue weighted by Gasteiger charge is 2.23. The van der Waals surface area contributed by atoms with E-state index >= 15 is 0 Å². The second kappa shape index (κ2) is 9.49. The average Bonchev–Trinajstić information content (AvgIpc) is 3.17. The van der Waals surface area contributed by atoms with Crippen LogP contribution >= 0.6 is 22.9 Å². The van der Waals surface area contributed by atoms with Gasteiger partial charge in [0.1, 0.15) is 11.5 Å². The van der Waals surface area contributed by atoms with Gasteiger partial charge in [-0.15, -0.1) is 11.3 Å². The first-order valence-corrected chi connectivity index (χ1v) is 12.0. The van der Waals surface area contributed by atoms with Gasteiger partial charge >= 0.3 is 0 Å². The monoisotopic (exact) mass is 456 g/mol. The molecule has 0 saturated heterocycles. The van der Waals surface area contributed by atoms with Crippen LogP contribution < -0.4 is 14.4 Å². The number of halogens is 1. The Hall–Kier alpha value is -2.24. The van der Waals surface area contributed by atoms with Crippen molar-refractivity contribution in [3.8, 4) is 22.8 Å². The number of thiazole rings is 1. The normalized spacial score (nSPS) is 13.1. The number of rotatable bonds is 7. The number of fused-ring (bicyclic) bond motifs is 1. The van der Waals surface area contributed by atoms with Gasteiger partial charge in [-0.05, 0) is 80.5 Å². The highest BCUT2D eigenvalue weighted by atomic mass is 35.5. The maximum Gasteiger partial charge on any atom is 0.190 e. The summed E-state index contributed by atoms with van der Waals surface area (Å²) in [7, 11) is 3.40. The van der Waals surface area contributed by atoms with Gasteiger partial charge in [-0.3, -0.25) is 0 Å². The Morgan fingerprint density at radius 3 is 2.45 bits per heavy atom. The second-order valence-corrected chi connectivity index (χ2v) is 9.49. The Morgan fingerprint density at radius 2 is 1.81 bits per heavy atom. The molecule has 0 atom stereocenters. The van der Waals surface area contributed by atoms with Crippen LogP contribution in [0.25, 0.3) is 11.3 Å². The number of hydrogen-bond donors (Lipinski definition) is 0. The molecule has 1 aliphatic rings. The van der Waals surface area contributed by atoms with Gasteiger partial charge in [-0.2, -0.15) is 0 Å². The van der Waals surface area contributed by atoms with E-state index in [0.29, 0.717) is 5.02 Å². The second-order valence-electron chi connectivity index (χ2n) is 7.90. The smallest absolute Gasteiger partial charge is 0.190 e. The molecule has 0 fully saturated rings. The van der Waals surface area contributed by atoms with Gasteiger partial charge in [0.15, 0.2) is 5.13 Å². The van der Waals surface area contributed by atoms with Crippen molar-refractivity contribution < 1.29 is 9.47 Å². The highest BCUT2D eigenvalue weighted by molar-refractivity contribution is 7.16. The zero-order valence-electron chi connectivity index (χ0n) is 18.6. The summed E-state index contributed by atoms with van der Waals surface area (Å²) in [6.45, 7) is 5.17. The summed E-state index contributed by atoms with van der Waals surface area (Å²) in [5, 5.41) is 1.61. The fourth-order valence-corrected chi connectivity index (χ4v) is 5.45. The van der Waals surface area contributed by atoms with Crippen molar-refractivity contribution in [3.63, 3.8) is 0 Å². The Labute approximate surface area is 193 Å². The Balaban J connectivity index is 1.78. The first kappa shape index (κ1) is 22.0. The molecule has 4 rings (SSSR count). The lowest BCUT2D eigenvalue weighted by atomic mass is 9.91. The Morgan fingerprint density at radius 1 is 1.06 bits per heavy atom. The topological polar surface area (TPSA) is 34.6 Å². The molecule has 0 N–H and O–H groups in total. The molecule has 4 nitrogen and oxygen atoms in total. The Kier molecular flexibility index (Phi) is 6.73. The van der Waals surface area contributed by atoms with Crippen molar-refractivity contribution in [2.45, 2.75) is 46.0 Å². The van der Waals surface area contributed by atoms with Gasteiger partial charge in [0.25, 0.3) is 0 Å². The molecular weight excluding hydrogens is 428 g/mol. The number of methoxy groups -OCH3 is 2. The summed E-state index contributed by atoms with van der Waals surface area (Å²) in [6.07, 6.45) is 5.79. The van der Waals surface area contributed by atoms with Crippen molar-refractivity contribution in [2.75, 3.05) is 25.7 Å². The molecule has 0 saturated carbocycles. The number of ether oxygens (including phenoxy) is 2. The molecule has 2 aromatic carbocycles. The van der Waals surface area contributed by atoms with Crippen molar-refractivity contribution in [3.05, 3.63) is 51.4 Å². The first-order chi connectivity index (χ1) is 15.0. The number of hydrogen-bond acceptors (Lipinski definition) is 5. The summed E-state index contributed by atoms with van der Waals surface area (Å²) in [5.41, 5.74) is 5.81. The lowest BCUT2D eigenvalue weighted by molar-refractivity contribution is 0.414. The number of aromatic nitrogens is 1. The molecule has 31 heavy (non-hydrogen) atoms. The lowest BCUT2D eigenvalue weighted by Gasteiger charge is -2.26. The van der Waals surface area contributed by atoms with Gasteiger partial charge in [0.05, 0.1) is 30.6 Å². The van der Waals surface area contributed by atoms with Crippen LogP contribution in [-0.2, 0) is 12.8 Å². The molecule has 164 valence electrons. The van der Waals surface area contributed by atoms with E-state index in [1.807, 2.05) is 18.2 Å². The summed E-state index contributed by atoms with van der Waals surface area (Å²) in [6, 6.07) is 10.3. The lowest BCUT2D eigenvalue weighted by Crippen LogP contribution is -2.19. The Bertz CT molecular complexity index is 1080. The zero-order chi connectivity index (χ0) is 22.0. The van der Waals surface area contributed by atoms with Crippen molar-refractivity contribution >= 4 is 33.8 Å². The van der Waals surface area contributed by atoms with E-state index in [1.165, 1.54) is 24.0 Å². The van der Waals surface area contributed by atoms with E-state index < -0.39 is 0 Å². The fourth-order valence-electron chi connectivity index (χ4n) is 4.23. The van der Waals surface area contributed by atoms with E-state index in [0.717, 1.165) is 64.3 Å². The minimum Gasteiger partial charge on any atom is -0.497 e. The molecule has 1 aromatic heterocycles. The zero-order valence-corrected chi connectivity index (χ0v) is 20.2. The maximum absolute atomic E-state index is 6.56. The summed E-state index contributed by atoms with van der Waals surface area (Å²) in [5.74, 6) is 1.67. The summed E-state index contributed by atoms with van der Waals surface area (Å²) < 4.78 is 11.1. The number of nitrogens with zero attached hydrogens (tertiary/aromatic N) is 2. The largest absolute Gasteiger partial charge is 0.497 e. The van der Waals surface area contributed by atoms with E-state index in [4.69, 9.17) is 26.1 Å². The predicted molar refractivity (Wildman–Crippen MR) is 131 cm³/mol. The van der Waals surface area contributed by atoms with Gasteiger partial charge in [0, 0.05) is 17.0 Å². The molecular formula is C25H29ClN2O2S. The van der Waals surface area contributed by atoms with Crippen LogP contribution in [-0.4, -0.2) is 25.7 Å². The van der Waals surface area contributed by atoms with Crippen LogP contribution in [0.15, 0.2) is 30.3 Å². The van der Waals surface area contributed by atoms with Gasteiger partial charge in [0.2, 0.25) is 0 Å². The van der Waals surface area contributed by atoms with Crippen LogP contribution in [0.1, 0.15) is 42.2 Å². The molecule has 1 heterocycles. The molecule has 0 amide bonds. The minimum atomic E-state index is 0.646. The number of anilines is 2. The fraction of sp³-hybridized carbons (Fsp3) is 0.400. The third kappa shape index (κ3) is 4.39. The van der Waals surface area contributed by atoms with Crippen LogP contribution in [0.5, 0.6) is 11.5 Å². The molecule has 0 bridgehead atoms. The quantitative estimate of drug-likeness (QED) is 0.376. The average molecular weight is 457 g/mol. The molecule has 0 unspecified atom stereocenters. The number of benzene rings is 2. The molecule has 0 aliphatic heterocycles. The predicted octanol–water partition coefficient (Wildman–Crippen LogP) is 7.22. The molecule has 1 aliphatic carbocycles. The van der Waals surface area contributed by atoms with E-state index in [-0.39, 0.29) is 0 Å². The SMILES string of the molecule is CCCN(c1nc(-c2ccc(OC)cc2Cl)c(C)s1)c1cc2c(cc1OC)CCCC2. The molecule has 0 spiro atoms. The highest BCUT2D eigenvalue weighted by Crippen LogP contribution is 2.43. The van der Waals surface area contributed by atoms with Crippen LogP contribution in [0, 0.1) is 6.92 Å². The van der Waals surface area contributed by atoms with E-state index in [1.54, 1.807) is 25.6 Å². The van der Waals surface area contributed by atoms with Gasteiger partial charge in [-0.1, -0.05) is 18.5 Å². The first-order valence-electron chi connectivity index (χ1n) is 10.8.